The highest BCUT2D eigenvalue weighted by Crippen LogP contribution is 2.50. The molecule has 15 aromatic rings. The van der Waals surface area contributed by atoms with E-state index in [0.29, 0.717) is 17.5 Å². The number of nitrogens with one attached hydrogen (secondary N) is 3. The molecule has 384 valence electrons. The van der Waals surface area contributed by atoms with Crippen molar-refractivity contribution in [3.63, 3.8) is 0 Å². The fraction of sp³-hybridized carbons (Fsp3) is 0.0417. The number of hydrogen-bond donors (Lipinski definition) is 3. The van der Waals surface area contributed by atoms with Gasteiger partial charge in [0, 0.05) is 43.9 Å². The van der Waals surface area contributed by atoms with Crippen LogP contribution < -0.4 is 16.0 Å². The zero-order chi connectivity index (χ0) is 53.4. The third-order valence-corrected chi connectivity index (χ3v) is 16.1. The van der Waals surface area contributed by atoms with Crippen LogP contribution in [0.2, 0.25) is 0 Å². The minimum atomic E-state index is -0.345. The Labute approximate surface area is 466 Å². The largest absolute Gasteiger partial charge is 0.455 e. The van der Waals surface area contributed by atoms with Gasteiger partial charge in [-0.05, 0) is 76.3 Å². The molecule has 1 saturated heterocycles. The molecule has 3 atom stereocenters. The van der Waals surface area contributed by atoms with Crippen LogP contribution in [0.4, 0.5) is 0 Å². The Bertz CT molecular complexity index is 4810. The van der Waals surface area contributed by atoms with E-state index in [0.717, 1.165) is 116 Å². The van der Waals surface area contributed by atoms with Crippen molar-refractivity contribution in [3.05, 3.63) is 284 Å². The third kappa shape index (κ3) is 7.85. The smallest absolute Gasteiger partial charge is 0.166 e. The maximum absolute atomic E-state index is 7.20. The molecule has 3 N–H and O–H groups in total. The Morgan fingerprint density at radius 2 is 0.790 bits per heavy atom. The molecule has 16 rings (SSSR count). The van der Waals surface area contributed by atoms with Gasteiger partial charge in [0.25, 0.3) is 0 Å². The standard InChI is InChI=1S/C72H50N8O/c1-6-23-45(24-7-1)49-31-22-32-50(43-49)70-74-67(46-25-8-2-9-26-46)75-71(76-70)51-41-42-59(56(44-51)72-77-68(47-27-10-3-11-28-47)73-69(78-72)48-29-12-4-13-30-48)80-58-39-20-17-36-54(58)62-65(80)61-53-35-16-19-38-57(53)79(52-33-14-5-15-34-52)64(61)63-55-37-18-21-40-60(55)81-66(62)63/h1-44,67,70-71,74-76H. The Morgan fingerprint density at radius 3 is 1.44 bits per heavy atom. The van der Waals surface area contributed by atoms with Crippen molar-refractivity contribution >= 4 is 65.6 Å². The molecule has 1 aliphatic rings. The van der Waals surface area contributed by atoms with Gasteiger partial charge in [-0.3, -0.25) is 16.0 Å². The van der Waals surface area contributed by atoms with Gasteiger partial charge in [-0.15, -0.1) is 0 Å². The molecule has 3 unspecified atom stereocenters. The maximum atomic E-state index is 7.20. The number of hydrogen-bond acceptors (Lipinski definition) is 7. The highest BCUT2D eigenvalue weighted by atomic mass is 16.3. The fourth-order valence-electron chi connectivity index (χ4n) is 12.4. The zero-order valence-electron chi connectivity index (χ0n) is 43.8. The van der Waals surface area contributed by atoms with Gasteiger partial charge in [0.2, 0.25) is 0 Å². The monoisotopic (exact) mass is 1040 g/mol. The number of furan rings is 1. The summed E-state index contributed by atoms with van der Waals surface area (Å²) >= 11 is 0. The van der Waals surface area contributed by atoms with Gasteiger partial charge in [-0.2, -0.15) is 0 Å². The van der Waals surface area contributed by atoms with Crippen molar-refractivity contribution in [1.82, 2.24) is 40.0 Å². The summed E-state index contributed by atoms with van der Waals surface area (Å²) in [5, 5.41) is 18.5. The highest BCUT2D eigenvalue weighted by molar-refractivity contribution is 6.39. The lowest BCUT2D eigenvalue weighted by Gasteiger charge is -2.40. The molecule has 0 radical (unpaired) electrons. The van der Waals surface area contributed by atoms with E-state index in [1.54, 1.807) is 0 Å². The fourth-order valence-corrected chi connectivity index (χ4v) is 12.4. The summed E-state index contributed by atoms with van der Waals surface area (Å²) in [7, 11) is 0. The summed E-state index contributed by atoms with van der Waals surface area (Å²) < 4.78 is 12.1. The first-order chi connectivity index (χ1) is 40.2. The molecular formula is C72H50N8O. The molecule has 0 saturated carbocycles. The van der Waals surface area contributed by atoms with E-state index in [-0.39, 0.29) is 18.5 Å². The van der Waals surface area contributed by atoms with Gasteiger partial charge < -0.3 is 13.6 Å². The van der Waals surface area contributed by atoms with Gasteiger partial charge >= 0.3 is 0 Å². The third-order valence-electron chi connectivity index (χ3n) is 16.1. The molecule has 81 heavy (non-hydrogen) atoms. The first-order valence-corrected chi connectivity index (χ1v) is 27.5. The molecule has 5 heterocycles. The second-order valence-electron chi connectivity index (χ2n) is 20.8. The molecule has 11 aromatic carbocycles. The van der Waals surface area contributed by atoms with Crippen molar-refractivity contribution in [2.75, 3.05) is 0 Å². The van der Waals surface area contributed by atoms with Crippen molar-refractivity contribution in [2.45, 2.75) is 18.5 Å². The molecule has 0 bridgehead atoms. The number of benzene rings is 11. The minimum Gasteiger partial charge on any atom is -0.455 e. The van der Waals surface area contributed by atoms with Crippen LogP contribution in [0.3, 0.4) is 0 Å². The van der Waals surface area contributed by atoms with Gasteiger partial charge in [0.15, 0.2) is 17.5 Å². The second-order valence-corrected chi connectivity index (χ2v) is 20.8. The molecule has 9 heteroatoms. The maximum Gasteiger partial charge on any atom is 0.166 e. The minimum absolute atomic E-state index is 0.212. The van der Waals surface area contributed by atoms with E-state index in [4.69, 9.17) is 19.4 Å². The lowest BCUT2D eigenvalue weighted by atomic mass is 9.99. The Balaban J connectivity index is 1.00. The topological polar surface area (TPSA) is 97.8 Å². The Hall–Kier alpha value is -10.3. The number of para-hydroxylation sites is 4. The van der Waals surface area contributed by atoms with Gasteiger partial charge in [-0.1, -0.05) is 218 Å². The molecule has 1 fully saturated rings. The van der Waals surface area contributed by atoms with Gasteiger partial charge in [0.1, 0.15) is 11.2 Å². The first-order valence-electron chi connectivity index (χ1n) is 27.5. The van der Waals surface area contributed by atoms with E-state index in [9.17, 15) is 0 Å². The Morgan fingerprint density at radius 1 is 0.333 bits per heavy atom. The molecule has 9 nitrogen and oxygen atoms in total. The normalized spacial score (nSPS) is 15.6. The zero-order valence-corrected chi connectivity index (χ0v) is 43.8. The van der Waals surface area contributed by atoms with Crippen LogP contribution in [0.1, 0.15) is 35.2 Å². The predicted octanol–water partition coefficient (Wildman–Crippen LogP) is 16.8. The lowest BCUT2D eigenvalue weighted by Crippen LogP contribution is -2.54. The van der Waals surface area contributed by atoms with Crippen LogP contribution >= 0.6 is 0 Å². The van der Waals surface area contributed by atoms with E-state index >= 15 is 0 Å². The summed E-state index contributed by atoms with van der Waals surface area (Å²) in [6.45, 7) is 0. The highest BCUT2D eigenvalue weighted by Gasteiger charge is 2.33. The van der Waals surface area contributed by atoms with Crippen molar-refractivity contribution < 1.29 is 4.42 Å². The summed E-state index contributed by atoms with van der Waals surface area (Å²) in [4.78, 5) is 16.2. The van der Waals surface area contributed by atoms with E-state index in [2.05, 4.69) is 256 Å². The summed E-state index contributed by atoms with van der Waals surface area (Å²) in [6.07, 6.45) is -0.794. The average molecular weight is 1040 g/mol. The van der Waals surface area contributed by atoms with Gasteiger partial charge in [0.05, 0.1) is 57.0 Å². The van der Waals surface area contributed by atoms with Gasteiger partial charge in [-0.25, -0.2) is 15.0 Å². The molecule has 0 aliphatic carbocycles. The van der Waals surface area contributed by atoms with E-state index in [1.807, 2.05) is 36.4 Å². The van der Waals surface area contributed by atoms with Crippen molar-refractivity contribution in [1.29, 1.82) is 0 Å². The Kier molecular flexibility index (Phi) is 11.1. The summed E-state index contributed by atoms with van der Waals surface area (Å²) in [5.41, 5.74) is 16.1. The summed E-state index contributed by atoms with van der Waals surface area (Å²) in [6, 6.07) is 94.0. The van der Waals surface area contributed by atoms with Crippen molar-refractivity contribution in [3.8, 4) is 56.7 Å². The average Bonchev–Trinajstić information content (AvgIpc) is 4.26. The van der Waals surface area contributed by atoms with Crippen LogP contribution in [0.5, 0.6) is 0 Å². The quantitative estimate of drug-likeness (QED) is 0.132. The number of rotatable bonds is 9. The molecule has 0 amide bonds. The number of aromatic nitrogens is 5. The predicted molar refractivity (Wildman–Crippen MR) is 328 cm³/mol. The van der Waals surface area contributed by atoms with Crippen LogP contribution in [-0.4, -0.2) is 24.1 Å². The lowest BCUT2D eigenvalue weighted by molar-refractivity contribution is 0.203. The molecule has 4 aromatic heterocycles. The van der Waals surface area contributed by atoms with Crippen LogP contribution in [-0.2, 0) is 0 Å². The molecule has 0 spiro atoms. The first kappa shape index (κ1) is 46.8. The van der Waals surface area contributed by atoms with E-state index in [1.165, 1.54) is 5.56 Å². The second kappa shape index (κ2) is 19.3. The summed E-state index contributed by atoms with van der Waals surface area (Å²) in [5.74, 6) is 1.70. The SMILES string of the molecule is c1ccc(-c2cccc(C3NC(c4ccccc4)NC(c4ccc(-n5c6ccccc6c6c7oc8ccccc8c7c7c(c8ccccc8n7-c7ccccc7)c65)c(-c5nc(-c6ccccc6)nc(-c6ccccc6)n5)c4)N3)c2)cc1. The molecular weight excluding hydrogens is 993 g/mol. The number of fused-ring (bicyclic) bond motifs is 12. The van der Waals surface area contributed by atoms with E-state index < -0.39 is 0 Å². The van der Waals surface area contributed by atoms with Crippen LogP contribution in [0.15, 0.2) is 271 Å². The molecule has 1 aliphatic heterocycles. The van der Waals surface area contributed by atoms with Crippen LogP contribution in [0, 0.1) is 0 Å². The van der Waals surface area contributed by atoms with Crippen molar-refractivity contribution in [2.24, 2.45) is 0 Å². The number of nitrogens with zero attached hydrogens (tertiary/aromatic N) is 5. The van der Waals surface area contributed by atoms with Crippen LogP contribution in [0.25, 0.3) is 122 Å².